The summed E-state index contributed by atoms with van der Waals surface area (Å²) < 4.78 is 6.05. The quantitative estimate of drug-likeness (QED) is 0.850. The minimum atomic E-state index is 0.589. The maximum Gasteiger partial charge on any atom is 0.213 e. The van der Waals surface area contributed by atoms with E-state index in [1.165, 1.54) is 42.5 Å². The Morgan fingerprint density at radius 3 is 3.00 bits per heavy atom. The summed E-state index contributed by atoms with van der Waals surface area (Å²) >= 11 is 0. The predicted molar refractivity (Wildman–Crippen MR) is 107 cm³/mol. The first-order valence-corrected chi connectivity index (χ1v) is 9.80. The molecule has 2 aliphatic rings. The summed E-state index contributed by atoms with van der Waals surface area (Å²) in [6, 6.07) is 6.40. The highest BCUT2D eigenvalue weighted by molar-refractivity contribution is 5.83. The topological polar surface area (TPSA) is 51.4 Å². The van der Waals surface area contributed by atoms with E-state index in [1.54, 1.807) is 0 Å². The molecule has 0 radical (unpaired) electrons. The number of fused-ring (bicyclic) bond motifs is 1. The van der Waals surface area contributed by atoms with Gasteiger partial charge in [-0.1, -0.05) is 6.07 Å². The zero-order chi connectivity index (χ0) is 18.1. The van der Waals surface area contributed by atoms with Gasteiger partial charge in [0, 0.05) is 36.0 Å². The third kappa shape index (κ3) is 3.43. The average Bonchev–Trinajstić information content (AvgIpc) is 3.09. The van der Waals surface area contributed by atoms with Crippen molar-refractivity contribution in [2.45, 2.75) is 39.0 Å². The smallest absolute Gasteiger partial charge is 0.213 e. The van der Waals surface area contributed by atoms with E-state index in [0.29, 0.717) is 11.8 Å². The summed E-state index contributed by atoms with van der Waals surface area (Å²) in [4.78, 5) is 6.81. The molecule has 1 saturated heterocycles. The fourth-order valence-electron chi connectivity index (χ4n) is 4.57. The van der Waals surface area contributed by atoms with Gasteiger partial charge in [0.25, 0.3) is 0 Å². The second kappa shape index (κ2) is 7.28. The van der Waals surface area contributed by atoms with Gasteiger partial charge in [-0.15, -0.1) is 0 Å². The lowest BCUT2D eigenvalue weighted by Crippen LogP contribution is -2.34. The number of hydrogen-bond donors (Lipinski definition) is 1. The fourth-order valence-corrected chi connectivity index (χ4v) is 4.57. The van der Waals surface area contributed by atoms with E-state index < -0.39 is 0 Å². The molecule has 4 heteroatoms. The van der Waals surface area contributed by atoms with Crippen molar-refractivity contribution in [1.82, 2.24) is 9.88 Å². The molecule has 4 nitrogen and oxygen atoms in total. The first-order valence-electron chi connectivity index (χ1n) is 9.80. The number of piperidine rings is 1. The molecule has 2 heterocycles. The summed E-state index contributed by atoms with van der Waals surface area (Å²) in [6.45, 7) is 5.19. The number of nitrogen functional groups attached to an aromatic ring is 1. The number of benzene rings is 1. The van der Waals surface area contributed by atoms with Crippen LogP contribution >= 0.6 is 0 Å². The highest BCUT2D eigenvalue weighted by Crippen LogP contribution is 2.38. The molecule has 1 aromatic heterocycles. The number of nitrogens with two attached hydrogens (primary N) is 1. The summed E-state index contributed by atoms with van der Waals surface area (Å²) in [5.74, 6) is 1.29. The molecule has 1 atom stereocenters. The molecule has 0 spiro atoms. The van der Waals surface area contributed by atoms with Crippen LogP contribution in [0.5, 0.6) is 5.88 Å². The largest absolute Gasteiger partial charge is 0.477 e. The van der Waals surface area contributed by atoms with Gasteiger partial charge in [-0.2, -0.15) is 0 Å². The van der Waals surface area contributed by atoms with Gasteiger partial charge in [0.05, 0.1) is 6.61 Å². The standard InChI is InChI=1S/C22H29N3O/c1-15-11-17-6-3-7-19(17)22(23)21(15)18-8-9-24-20(12-18)26-14-16-5-4-10-25(2)13-16/h8-9,11-12,16H,3-7,10,13-14,23H2,1-2H3. The van der Waals surface area contributed by atoms with E-state index >= 15 is 0 Å². The molecular formula is C22H29N3O. The SMILES string of the molecule is Cc1cc2c(c(N)c1-c1ccnc(OCC3CCCN(C)C3)c1)CCC2. The van der Waals surface area contributed by atoms with Crippen molar-refractivity contribution < 1.29 is 4.74 Å². The van der Waals surface area contributed by atoms with E-state index in [4.69, 9.17) is 10.5 Å². The zero-order valence-electron chi connectivity index (χ0n) is 15.9. The van der Waals surface area contributed by atoms with Crippen molar-refractivity contribution in [1.29, 1.82) is 0 Å². The second-order valence-electron chi connectivity index (χ2n) is 7.94. The maximum absolute atomic E-state index is 6.56. The van der Waals surface area contributed by atoms with Gasteiger partial charge in [-0.05, 0) is 80.9 Å². The van der Waals surface area contributed by atoms with Crippen molar-refractivity contribution in [3.8, 4) is 17.0 Å². The van der Waals surface area contributed by atoms with Crippen molar-refractivity contribution in [3.63, 3.8) is 0 Å². The predicted octanol–water partition coefficient (Wildman–Crippen LogP) is 3.85. The van der Waals surface area contributed by atoms with Crippen LogP contribution in [0, 0.1) is 12.8 Å². The number of aryl methyl sites for hydroxylation is 2. The number of anilines is 1. The Bertz CT molecular complexity index is 802. The summed E-state index contributed by atoms with van der Waals surface area (Å²) in [7, 11) is 2.18. The van der Waals surface area contributed by atoms with Gasteiger partial charge >= 0.3 is 0 Å². The number of nitrogens with zero attached hydrogens (tertiary/aromatic N) is 2. The van der Waals surface area contributed by atoms with Crippen molar-refractivity contribution in [3.05, 3.63) is 41.1 Å². The highest BCUT2D eigenvalue weighted by Gasteiger charge is 2.20. The van der Waals surface area contributed by atoms with Gasteiger partial charge in [0.1, 0.15) is 0 Å². The molecule has 2 aromatic rings. The highest BCUT2D eigenvalue weighted by atomic mass is 16.5. The van der Waals surface area contributed by atoms with Crippen LogP contribution in [0.1, 0.15) is 36.0 Å². The summed E-state index contributed by atoms with van der Waals surface area (Å²) in [5, 5.41) is 0. The van der Waals surface area contributed by atoms with Gasteiger partial charge < -0.3 is 15.4 Å². The van der Waals surface area contributed by atoms with Crippen LogP contribution in [0.3, 0.4) is 0 Å². The van der Waals surface area contributed by atoms with Crippen LogP contribution in [0.25, 0.3) is 11.1 Å². The third-order valence-corrected chi connectivity index (χ3v) is 5.85. The number of likely N-dealkylation sites (tertiary alicyclic amines) is 1. The number of ether oxygens (including phenoxy) is 1. The first kappa shape index (κ1) is 17.3. The lowest BCUT2D eigenvalue weighted by molar-refractivity contribution is 0.147. The van der Waals surface area contributed by atoms with Crippen LogP contribution in [0.15, 0.2) is 24.4 Å². The molecule has 1 unspecified atom stereocenters. The summed E-state index contributed by atoms with van der Waals surface area (Å²) in [6.07, 6.45) is 7.79. The molecule has 0 bridgehead atoms. The van der Waals surface area contributed by atoms with E-state index in [9.17, 15) is 0 Å². The molecule has 1 fully saturated rings. The minimum absolute atomic E-state index is 0.589. The fraction of sp³-hybridized carbons (Fsp3) is 0.500. The Labute approximate surface area is 156 Å². The lowest BCUT2D eigenvalue weighted by atomic mass is 9.93. The molecule has 0 saturated carbocycles. The molecule has 1 aliphatic carbocycles. The Kier molecular flexibility index (Phi) is 4.86. The van der Waals surface area contributed by atoms with E-state index in [1.807, 2.05) is 18.3 Å². The zero-order valence-corrected chi connectivity index (χ0v) is 15.9. The van der Waals surface area contributed by atoms with Gasteiger partial charge in [-0.25, -0.2) is 4.98 Å². The van der Waals surface area contributed by atoms with Crippen molar-refractivity contribution in [2.75, 3.05) is 32.5 Å². The first-order chi connectivity index (χ1) is 12.6. The number of aromatic nitrogens is 1. The van der Waals surface area contributed by atoms with E-state index in [2.05, 4.69) is 29.9 Å². The van der Waals surface area contributed by atoms with Crippen molar-refractivity contribution >= 4 is 5.69 Å². The maximum atomic E-state index is 6.56. The van der Waals surface area contributed by atoms with Gasteiger partial charge in [0.2, 0.25) is 5.88 Å². The van der Waals surface area contributed by atoms with Gasteiger partial charge in [-0.3, -0.25) is 0 Å². The molecular weight excluding hydrogens is 322 g/mol. The Morgan fingerprint density at radius 1 is 1.27 bits per heavy atom. The molecule has 0 amide bonds. The van der Waals surface area contributed by atoms with Crippen LogP contribution in [-0.2, 0) is 12.8 Å². The number of rotatable bonds is 4. The molecule has 4 rings (SSSR count). The molecule has 1 aromatic carbocycles. The Hall–Kier alpha value is -2.07. The normalized spacial score (nSPS) is 20.2. The lowest BCUT2D eigenvalue weighted by Gasteiger charge is -2.29. The summed E-state index contributed by atoms with van der Waals surface area (Å²) in [5.41, 5.74) is 13.8. The average molecular weight is 351 g/mol. The van der Waals surface area contributed by atoms with Crippen LogP contribution < -0.4 is 10.5 Å². The molecule has 2 N–H and O–H groups in total. The number of pyridine rings is 1. The minimum Gasteiger partial charge on any atom is -0.477 e. The van der Waals surface area contributed by atoms with Gasteiger partial charge in [0.15, 0.2) is 0 Å². The molecule has 138 valence electrons. The molecule has 1 aliphatic heterocycles. The van der Waals surface area contributed by atoms with Crippen LogP contribution in [0.4, 0.5) is 5.69 Å². The number of hydrogen-bond acceptors (Lipinski definition) is 4. The Balaban J connectivity index is 1.55. The van der Waals surface area contributed by atoms with E-state index in [-0.39, 0.29) is 0 Å². The third-order valence-electron chi connectivity index (χ3n) is 5.85. The van der Waals surface area contributed by atoms with Crippen molar-refractivity contribution in [2.24, 2.45) is 5.92 Å². The van der Waals surface area contributed by atoms with E-state index in [0.717, 1.165) is 42.8 Å². The van der Waals surface area contributed by atoms with Crippen LogP contribution in [-0.4, -0.2) is 36.6 Å². The van der Waals surface area contributed by atoms with Crippen LogP contribution in [0.2, 0.25) is 0 Å². The monoisotopic (exact) mass is 351 g/mol. The Morgan fingerprint density at radius 2 is 2.15 bits per heavy atom. The molecule has 26 heavy (non-hydrogen) atoms. The second-order valence-corrected chi connectivity index (χ2v) is 7.94.